The van der Waals surface area contributed by atoms with Crippen LogP contribution in [0.3, 0.4) is 0 Å². The third-order valence-electron chi connectivity index (χ3n) is 4.27. The molecule has 1 heterocycles. The molecule has 0 radical (unpaired) electrons. The molecule has 2 N–H and O–H groups in total. The first-order valence-electron chi connectivity index (χ1n) is 8.06. The van der Waals surface area contributed by atoms with Gasteiger partial charge in [-0.2, -0.15) is 0 Å². The highest BCUT2D eigenvalue weighted by atomic mass is 32.2. The Morgan fingerprint density at radius 1 is 1.16 bits per heavy atom. The summed E-state index contributed by atoms with van der Waals surface area (Å²) in [4.78, 5) is 15.5. The summed E-state index contributed by atoms with van der Waals surface area (Å²) in [6.07, 6.45) is 1.72. The van der Waals surface area contributed by atoms with E-state index in [2.05, 4.69) is 10.3 Å². The molecule has 0 aliphatic rings. The Hall–Kier alpha value is -2.38. The molecule has 0 aliphatic carbocycles. The van der Waals surface area contributed by atoms with E-state index in [9.17, 15) is 13.2 Å². The van der Waals surface area contributed by atoms with E-state index in [0.29, 0.717) is 25.2 Å². The van der Waals surface area contributed by atoms with Gasteiger partial charge in [-0.1, -0.05) is 30.3 Å². The van der Waals surface area contributed by atoms with Crippen LogP contribution in [0.4, 0.5) is 0 Å². The van der Waals surface area contributed by atoms with Gasteiger partial charge in [0.2, 0.25) is 10.0 Å². The number of H-pyrrole nitrogens is 1. The Balaban J connectivity index is 1.67. The van der Waals surface area contributed by atoms with Crippen LogP contribution in [-0.2, 0) is 10.0 Å². The number of rotatable bonds is 6. The number of sulfonamides is 1. The Morgan fingerprint density at radius 3 is 2.68 bits per heavy atom. The molecule has 25 heavy (non-hydrogen) atoms. The number of carbonyl (C=O) groups is 1. The maximum Gasteiger partial charge on any atom is 0.267 e. The van der Waals surface area contributed by atoms with Crippen LogP contribution in [0.2, 0.25) is 0 Å². The van der Waals surface area contributed by atoms with Gasteiger partial charge in [-0.05, 0) is 29.3 Å². The highest BCUT2D eigenvalue weighted by Gasteiger charge is 2.12. The largest absolute Gasteiger partial charge is 0.351 e. The predicted octanol–water partition coefficient (Wildman–Crippen LogP) is 2.33. The van der Waals surface area contributed by atoms with Crippen molar-refractivity contribution in [3.63, 3.8) is 0 Å². The number of amides is 1. The molecule has 6 nitrogen and oxygen atoms in total. The van der Waals surface area contributed by atoms with Crippen molar-refractivity contribution in [2.24, 2.45) is 0 Å². The zero-order valence-electron chi connectivity index (χ0n) is 14.2. The number of aromatic nitrogens is 1. The fraction of sp³-hybridized carbons (Fsp3) is 0.278. The number of hydrogen-bond donors (Lipinski definition) is 2. The van der Waals surface area contributed by atoms with Crippen LogP contribution < -0.4 is 5.32 Å². The van der Waals surface area contributed by atoms with Crippen molar-refractivity contribution in [2.45, 2.75) is 6.42 Å². The lowest BCUT2D eigenvalue weighted by molar-refractivity contribution is 0.0948. The SMILES string of the molecule is CN(CCCNC(=O)c1cc2c(ccc3ccccc32)[nH]1)S(C)(=O)=O. The van der Waals surface area contributed by atoms with Crippen molar-refractivity contribution in [3.05, 3.63) is 48.2 Å². The van der Waals surface area contributed by atoms with Gasteiger partial charge in [0.15, 0.2) is 0 Å². The van der Waals surface area contributed by atoms with E-state index in [1.807, 2.05) is 42.5 Å². The summed E-state index contributed by atoms with van der Waals surface area (Å²) >= 11 is 0. The number of benzene rings is 2. The zero-order valence-corrected chi connectivity index (χ0v) is 15.1. The molecule has 0 spiro atoms. The summed E-state index contributed by atoms with van der Waals surface area (Å²) in [6.45, 7) is 0.783. The summed E-state index contributed by atoms with van der Waals surface area (Å²) in [7, 11) is -1.65. The first kappa shape index (κ1) is 17.4. The molecule has 3 rings (SSSR count). The van der Waals surface area contributed by atoms with E-state index in [1.54, 1.807) is 0 Å². The summed E-state index contributed by atoms with van der Waals surface area (Å²) in [5, 5.41) is 6.07. The fourth-order valence-electron chi connectivity index (χ4n) is 2.77. The van der Waals surface area contributed by atoms with Crippen LogP contribution >= 0.6 is 0 Å². The van der Waals surface area contributed by atoms with E-state index in [1.165, 1.54) is 17.6 Å². The maximum atomic E-state index is 12.3. The molecule has 0 bridgehead atoms. The molecule has 7 heteroatoms. The Labute approximate surface area is 146 Å². The van der Waals surface area contributed by atoms with Crippen LogP contribution in [0.5, 0.6) is 0 Å². The smallest absolute Gasteiger partial charge is 0.267 e. The summed E-state index contributed by atoms with van der Waals surface area (Å²) in [5.41, 5.74) is 1.42. The van der Waals surface area contributed by atoms with Crippen molar-refractivity contribution in [3.8, 4) is 0 Å². The van der Waals surface area contributed by atoms with E-state index in [4.69, 9.17) is 0 Å². The normalized spacial score (nSPS) is 12.1. The zero-order chi connectivity index (χ0) is 18.0. The molecule has 0 fully saturated rings. The van der Waals surface area contributed by atoms with Crippen molar-refractivity contribution >= 4 is 37.6 Å². The van der Waals surface area contributed by atoms with E-state index in [-0.39, 0.29) is 5.91 Å². The number of nitrogens with one attached hydrogen (secondary N) is 2. The van der Waals surface area contributed by atoms with Crippen LogP contribution in [0.15, 0.2) is 42.5 Å². The summed E-state index contributed by atoms with van der Waals surface area (Å²) in [6, 6.07) is 13.9. The molecule has 132 valence electrons. The number of nitrogens with zero attached hydrogens (tertiary/aromatic N) is 1. The first-order valence-corrected chi connectivity index (χ1v) is 9.91. The number of hydrogen-bond acceptors (Lipinski definition) is 3. The number of fused-ring (bicyclic) bond motifs is 3. The highest BCUT2D eigenvalue weighted by Crippen LogP contribution is 2.25. The van der Waals surface area contributed by atoms with Crippen molar-refractivity contribution in [2.75, 3.05) is 26.4 Å². The standard InChI is InChI=1S/C18H21N3O3S/c1-21(25(2,23)24)11-5-10-19-18(22)17-12-15-14-7-4-3-6-13(14)8-9-16(15)20-17/h3-4,6-9,12,20H,5,10-11H2,1-2H3,(H,19,22). The molecule has 3 aromatic rings. The predicted molar refractivity (Wildman–Crippen MR) is 100 cm³/mol. The lowest BCUT2D eigenvalue weighted by Crippen LogP contribution is -2.31. The quantitative estimate of drug-likeness (QED) is 0.663. The molecular weight excluding hydrogens is 338 g/mol. The Kier molecular flexibility index (Phi) is 4.78. The molecule has 1 amide bonds. The van der Waals surface area contributed by atoms with Gasteiger partial charge in [0.25, 0.3) is 5.91 Å². The minimum Gasteiger partial charge on any atom is -0.351 e. The lowest BCUT2D eigenvalue weighted by Gasteiger charge is -2.13. The first-order chi connectivity index (χ1) is 11.9. The van der Waals surface area contributed by atoms with Crippen LogP contribution in [-0.4, -0.2) is 50.0 Å². The molecule has 2 aromatic carbocycles. The van der Waals surface area contributed by atoms with Gasteiger partial charge in [-0.3, -0.25) is 4.79 Å². The molecule has 0 unspecified atom stereocenters. The number of carbonyl (C=O) groups excluding carboxylic acids is 1. The second-order valence-electron chi connectivity index (χ2n) is 6.12. The second kappa shape index (κ2) is 6.85. The third kappa shape index (κ3) is 3.83. The third-order valence-corrected chi connectivity index (χ3v) is 5.59. The number of aromatic amines is 1. The van der Waals surface area contributed by atoms with Crippen molar-refractivity contribution in [1.29, 1.82) is 0 Å². The molecular formula is C18H21N3O3S. The Bertz CT molecular complexity index is 1020. The van der Waals surface area contributed by atoms with Crippen LogP contribution in [0.25, 0.3) is 21.7 Å². The summed E-state index contributed by atoms with van der Waals surface area (Å²) in [5.74, 6) is -0.192. The van der Waals surface area contributed by atoms with E-state index < -0.39 is 10.0 Å². The van der Waals surface area contributed by atoms with Gasteiger partial charge in [-0.15, -0.1) is 0 Å². The van der Waals surface area contributed by atoms with Crippen LogP contribution in [0.1, 0.15) is 16.9 Å². The van der Waals surface area contributed by atoms with Gasteiger partial charge in [0.1, 0.15) is 5.69 Å². The Morgan fingerprint density at radius 2 is 1.92 bits per heavy atom. The highest BCUT2D eigenvalue weighted by molar-refractivity contribution is 7.88. The minimum atomic E-state index is -3.18. The molecule has 0 saturated heterocycles. The minimum absolute atomic E-state index is 0.192. The summed E-state index contributed by atoms with van der Waals surface area (Å²) < 4.78 is 23.9. The topological polar surface area (TPSA) is 82.3 Å². The van der Waals surface area contributed by atoms with Gasteiger partial charge in [-0.25, -0.2) is 12.7 Å². The molecule has 0 aliphatic heterocycles. The second-order valence-corrected chi connectivity index (χ2v) is 8.21. The molecule has 1 aromatic heterocycles. The average Bonchev–Trinajstić information content (AvgIpc) is 3.02. The molecule has 0 saturated carbocycles. The van der Waals surface area contributed by atoms with Gasteiger partial charge >= 0.3 is 0 Å². The van der Waals surface area contributed by atoms with Crippen LogP contribution in [0, 0.1) is 0 Å². The van der Waals surface area contributed by atoms with Crippen molar-refractivity contribution < 1.29 is 13.2 Å². The lowest BCUT2D eigenvalue weighted by atomic mass is 10.1. The fourth-order valence-corrected chi connectivity index (χ4v) is 3.23. The van der Waals surface area contributed by atoms with Gasteiger partial charge in [0.05, 0.1) is 6.26 Å². The van der Waals surface area contributed by atoms with E-state index >= 15 is 0 Å². The van der Waals surface area contributed by atoms with Gasteiger partial charge in [0, 0.05) is 31.0 Å². The molecule has 0 atom stereocenters. The van der Waals surface area contributed by atoms with E-state index in [0.717, 1.165) is 21.7 Å². The average molecular weight is 359 g/mol. The van der Waals surface area contributed by atoms with Crippen molar-refractivity contribution in [1.82, 2.24) is 14.6 Å². The maximum absolute atomic E-state index is 12.3. The monoisotopic (exact) mass is 359 g/mol. The van der Waals surface area contributed by atoms with Gasteiger partial charge < -0.3 is 10.3 Å².